The van der Waals surface area contributed by atoms with Crippen LogP contribution in [0.2, 0.25) is 0 Å². The van der Waals surface area contributed by atoms with Crippen LogP contribution in [0.3, 0.4) is 0 Å². The summed E-state index contributed by atoms with van der Waals surface area (Å²) < 4.78 is 9.76. The molecule has 0 aliphatic heterocycles. The maximum Gasteiger partial charge on any atom is 0.308 e. The Bertz CT molecular complexity index is 449. The second-order valence-corrected chi connectivity index (χ2v) is 4.95. The normalized spacial score (nSPS) is 12.8. The van der Waals surface area contributed by atoms with Crippen LogP contribution in [0.15, 0.2) is 10.2 Å². The minimum Gasteiger partial charge on any atom is -0.466 e. The Morgan fingerprint density at radius 3 is 1.54 bits per heavy atom. The van der Waals surface area contributed by atoms with E-state index < -0.39 is 24.0 Å². The van der Waals surface area contributed by atoms with Gasteiger partial charge >= 0.3 is 11.9 Å². The van der Waals surface area contributed by atoms with Crippen LogP contribution in [-0.4, -0.2) is 37.2 Å². The van der Waals surface area contributed by atoms with Crippen molar-refractivity contribution in [1.82, 2.24) is 0 Å². The highest BCUT2D eigenvalue weighted by Gasteiger charge is 2.17. The highest BCUT2D eigenvalue weighted by Crippen LogP contribution is 2.14. The van der Waals surface area contributed by atoms with Gasteiger partial charge in [0.05, 0.1) is 50.3 Å². The molecule has 8 heteroatoms. The van der Waals surface area contributed by atoms with Gasteiger partial charge in [0.1, 0.15) is 0 Å². The highest BCUT2D eigenvalue weighted by atomic mass is 16.5. The summed E-state index contributed by atoms with van der Waals surface area (Å²) in [5.74, 6) is -0.809. The van der Waals surface area contributed by atoms with Crippen molar-refractivity contribution in [3.8, 4) is 12.1 Å². The van der Waals surface area contributed by atoms with Crippen LogP contribution in [0.5, 0.6) is 0 Å². The van der Waals surface area contributed by atoms with Gasteiger partial charge in [0, 0.05) is 12.8 Å². The second kappa shape index (κ2) is 14.1. The number of hydrogen-bond acceptors (Lipinski definition) is 8. The van der Waals surface area contributed by atoms with Crippen LogP contribution in [0.25, 0.3) is 0 Å². The quantitative estimate of drug-likeness (QED) is 0.398. The first kappa shape index (κ1) is 21.5. The molecule has 0 aliphatic rings. The van der Waals surface area contributed by atoms with Crippen LogP contribution in [-0.2, 0) is 19.1 Å². The van der Waals surface area contributed by atoms with E-state index in [1.54, 1.807) is 13.8 Å². The Hall–Kier alpha value is -2.48. The van der Waals surface area contributed by atoms with Gasteiger partial charge in [-0.25, -0.2) is 0 Å². The third-order valence-corrected chi connectivity index (χ3v) is 2.99. The van der Waals surface area contributed by atoms with Gasteiger partial charge < -0.3 is 9.47 Å². The zero-order valence-electron chi connectivity index (χ0n) is 14.2. The topological polar surface area (TPSA) is 125 Å². The molecule has 0 saturated carbocycles. The van der Waals surface area contributed by atoms with Crippen LogP contribution < -0.4 is 0 Å². The molecule has 0 aromatic heterocycles. The molecule has 8 nitrogen and oxygen atoms in total. The summed E-state index contributed by atoms with van der Waals surface area (Å²) in [4.78, 5) is 23.1. The average Bonchev–Trinajstić information content (AvgIpc) is 2.55. The van der Waals surface area contributed by atoms with Crippen molar-refractivity contribution < 1.29 is 19.1 Å². The summed E-state index contributed by atoms with van der Waals surface area (Å²) in [6, 6.07) is 3.05. The number of nitrogens with zero attached hydrogens (tertiary/aromatic N) is 4. The third-order valence-electron chi connectivity index (χ3n) is 2.99. The number of esters is 2. The summed E-state index contributed by atoms with van der Waals surface area (Å²) in [7, 11) is 0. The van der Waals surface area contributed by atoms with Gasteiger partial charge in [-0.15, -0.1) is 0 Å². The molecule has 132 valence electrons. The van der Waals surface area contributed by atoms with Crippen molar-refractivity contribution in [1.29, 1.82) is 10.5 Å². The van der Waals surface area contributed by atoms with Gasteiger partial charge in [-0.3, -0.25) is 9.59 Å². The summed E-state index contributed by atoms with van der Waals surface area (Å²) in [6.45, 7) is 3.96. The lowest BCUT2D eigenvalue weighted by molar-refractivity contribution is -0.144. The molecule has 0 rings (SSSR count). The molecule has 24 heavy (non-hydrogen) atoms. The molecule has 2 unspecified atom stereocenters. The molecule has 0 aliphatic carbocycles. The van der Waals surface area contributed by atoms with E-state index in [0.29, 0.717) is 12.8 Å². The average molecular weight is 336 g/mol. The van der Waals surface area contributed by atoms with Gasteiger partial charge in [0.2, 0.25) is 0 Å². The molecule has 0 aromatic carbocycles. The minimum atomic E-state index is -0.476. The van der Waals surface area contributed by atoms with E-state index in [2.05, 4.69) is 10.2 Å². The lowest BCUT2D eigenvalue weighted by Crippen LogP contribution is -2.17. The largest absolute Gasteiger partial charge is 0.466 e. The van der Waals surface area contributed by atoms with Crippen molar-refractivity contribution in [2.24, 2.45) is 10.2 Å². The van der Waals surface area contributed by atoms with E-state index in [-0.39, 0.29) is 38.9 Å². The Morgan fingerprint density at radius 2 is 1.25 bits per heavy atom. The van der Waals surface area contributed by atoms with Gasteiger partial charge in [-0.05, 0) is 26.7 Å². The second-order valence-electron chi connectivity index (χ2n) is 4.95. The van der Waals surface area contributed by atoms with Gasteiger partial charge in [0.25, 0.3) is 0 Å². The first-order valence-electron chi connectivity index (χ1n) is 8.02. The smallest absolute Gasteiger partial charge is 0.308 e. The Morgan fingerprint density at radius 1 is 0.875 bits per heavy atom. The third kappa shape index (κ3) is 11.1. The van der Waals surface area contributed by atoms with E-state index in [4.69, 9.17) is 20.0 Å². The van der Waals surface area contributed by atoms with Crippen LogP contribution in [0, 0.1) is 22.7 Å². The molecule has 0 heterocycles. The lowest BCUT2D eigenvalue weighted by Gasteiger charge is -2.12. The SMILES string of the molecule is CCOC(=O)CC(CCC#N)N=NC(CCC#N)CC(=O)OCC. The highest BCUT2D eigenvalue weighted by molar-refractivity contribution is 5.70. The number of carbonyl (C=O) groups is 2. The molecule has 2 atom stereocenters. The molecule has 0 bridgehead atoms. The first-order valence-corrected chi connectivity index (χ1v) is 8.02. The fraction of sp³-hybridized carbons (Fsp3) is 0.750. The van der Waals surface area contributed by atoms with E-state index in [9.17, 15) is 9.59 Å². The summed E-state index contributed by atoms with van der Waals surface area (Å²) in [5, 5.41) is 25.6. The number of rotatable bonds is 12. The summed E-state index contributed by atoms with van der Waals surface area (Å²) in [5.41, 5.74) is 0. The zero-order chi connectivity index (χ0) is 18.2. The van der Waals surface area contributed by atoms with Crippen molar-refractivity contribution in [2.75, 3.05) is 13.2 Å². The van der Waals surface area contributed by atoms with Gasteiger partial charge in [-0.1, -0.05) is 0 Å². The maximum atomic E-state index is 11.6. The molecule has 0 saturated heterocycles. The van der Waals surface area contributed by atoms with E-state index in [1.807, 2.05) is 12.1 Å². The van der Waals surface area contributed by atoms with Crippen molar-refractivity contribution in [3.63, 3.8) is 0 Å². The molecule has 0 amide bonds. The van der Waals surface area contributed by atoms with E-state index in [0.717, 1.165) is 0 Å². The molecule has 0 aromatic rings. The molecule has 0 radical (unpaired) electrons. The van der Waals surface area contributed by atoms with Crippen molar-refractivity contribution in [3.05, 3.63) is 0 Å². The minimum absolute atomic E-state index is 0.0311. The number of nitriles is 2. The maximum absolute atomic E-state index is 11.6. The Kier molecular flexibility index (Phi) is 12.7. The van der Waals surface area contributed by atoms with Gasteiger partial charge in [0.15, 0.2) is 0 Å². The monoisotopic (exact) mass is 336 g/mol. The Labute approximate surface area is 142 Å². The molecular weight excluding hydrogens is 312 g/mol. The number of carbonyl (C=O) groups excluding carboxylic acids is 2. The molecule has 0 N–H and O–H groups in total. The lowest BCUT2D eigenvalue weighted by atomic mass is 10.1. The van der Waals surface area contributed by atoms with Crippen LogP contribution in [0.1, 0.15) is 52.4 Å². The summed E-state index contributed by atoms with van der Waals surface area (Å²) in [6.07, 6.45) is 1.30. The number of ether oxygens (including phenoxy) is 2. The first-order chi connectivity index (χ1) is 11.6. The predicted octanol–water partition coefficient (Wildman–Crippen LogP) is 2.69. The molecular formula is C16H24N4O4. The van der Waals surface area contributed by atoms with Crippen molar-refractivity contribution >= 4 is 11.9 Å². The van der Waals surface area contributed by atoms with Crippen LogP contribution in [0.4, 0.5) is 0 Å². The molecule has 0 spiro atoms. The number of hydrogen-bond donors (Lipinski definition) is 0. The predicted molar refractivity (Wildman–Crippen MR) is 84.6 cm³/mol. The van der Waals surface area contributed by atoms with Crippen molar-refractivity contribution in [2.45, 2.75) is 64.5 Å². The summed E-state index contributed by atoms with van der Waals surface area (Å²) >= 11 is 0. The fourth-order valence-electron chi connectivity index (χ4n) is 1.88. The molecule has 0 fully saturated rings. The zero-order valence-corrected chi connectivity index (χ0v) is 14.2. The standard InChI is InChI=1S/C16H24N4O4/c1-3-23-15(21)11-13(7-5-9-17)19-20-14(8-6-10-18)12-16(22)24-4-2/h13-14H,3-8,11-12H2,1-2H3. The van der Waals surface area contributed by atoms with Crippen LogP contribution >= 0.6 is 0 Å². The number of azo groups is 1. The fourth-order valence-corrected chi connectivity index (χ4v) is 1.88. The van der Waals surface area contributed by atoms with E-state index >= 15 is 0 Å². The van der Waals surface area contributed by atoms with E-state index in [1.165, 1.54) is 0 Å². The Balaban J connectivity index is 4.83. The van der Waals surface area contributed by atoms with Gasteiger partial charge in [-0.2, -0.15) is 20.8 Å².